The first-order valence-electron chi connectivity index (χ1n) is 8.27. The van der Waals surface area contributed by atoms with Gasteiger partial charge in [-0.1, -0.05) is 0 Å². The van der Waals surface area contributed by atoms with E-state index in [0.29, 0.717) is 5.96 Å². The minimum absolute atomic E-state index is 0. The second kappa shape index (κ2) is 16.0. The van der Waals surface area contributed by atoms with Crippen molar-refractivity contribution in [3.05, 3.63) is 46.2 Å². The van der Waals surface area contributed by atoms with E-state index in [4.69, 9.17) is 5.73 Å². The highest BCUT2D eigenvalue weighted by atomic mass is 79.9. The van der Waals surface area contributed by atoms with Crippen molar-refractivity contribution in [3.8, 4) is 0 Å². The van der Waals surface area contributed by atoms with E-state index < -0.39 is 0 Å². The number of nitrogens with one attached hydrogen (secondary N) is 2. The molecule has 0 aliphatic carbocycles. The lowest BCUT2D eigenvalue weighted by molar-refractivity contribution is 0.693. The number of hydrogen-bond acceptors (Lipinski definition) is 3. The van der Waals surface area contributed by atoms with E-state index >= 15 is 0 Å². The van der Waals surface area contributed by atoms with Gasteiger partial charge in [0.2, 0.25) is 0 Å². The molecule has 0 bridgehead atoms. The van der Waals surface area contributed by atoms with Gasteiger partial charge in [0.05, 0.1) is 6.33 Å². The van der Waals surface area contributed by atoms with Crippen molar-refractivity contribution < 1.29 is 0 Å². The Hall–Kier alpha value is -1.02. The molecule has 0 aliphatic heterocycles. The first-order chi connectivity index (χ1) is 11.6. The van der Waals surface area contributed by atoms with Gasteiger partial charge in [0.25, 0.3) is 0 Å². The summed E-state index contributed by atoms with van der Waals surface area (Å²) in [7, 11) is 0. The number of rotatable bonds is 9. The third-order valence-electron chi connectivity index (χ3n) is 3.74. The Bertz CT molecular complexity index is 652. The van der Waals surface area contributed by atoms with Crippen LogP contribution >= 0.6 is 53.2 Å². The van der Waals surface area contributed by atoms with Gasteiger partial charge in [-0.3, -0.25) is 9.98 Å². The van der Waals surface area contributed by atoms with Gasteiger partial charge in [-0.15, -0.1) is 37.2 Å². The fraction of sp³-hybridized carbons (Fsp3) is 0.471. The molecule has 4 N–H and O–H groups in total. The molecule has 2 aromatic heterocycles. The van der Waals surface area contributed by atoms with Crippen molar-refractivity contribution in [2.45, 2.75) is 39.0 Å². The zero-order chi connectivity index (χ0) is 17.2. The third-order valence-corrected chi connectivity index (χ3v) is 4.17. The molecule has 10 heteroatoms. The van der Waals surface area contributed by atoms with Crippen LogP contribution in [-0.2, 0) is 12.8 Å². The molecule has 0 aliphatic rings. The van der Waals surface area contributed by atoms with Crippen molar-refractivity contribution in [1.82, 2.24) is 20.3 Å². The minimum Gasteiger partial charge on any atom is -0.370 e. The zero-order valence-electron chi connectivity index (χ0n) is 15.3. The number of nitrogens with zero attached hydrogens (tertiary/aromatic N) is 3. The first-order valence-corrected chi connectivity index (χ1v) is 9.06. The molecule has 2 aromatic rings. The summed E-state index contributed by atoms with van der Waals surface area (Å²) in [6.45, 7) is 3.66. The largest absolute Gasteiger partial charge is 0.370 e. The van der Waals surface area contributed by atoms with Crippen LogP contribution in [0.1, 0.15) is 36.2 Å². The second-order valence-electron chi connectivity index (χ2n) is 5.75. The summed E-state index contributed by atoms with van der Waals surface area (Å²) in [5.41, 5.74) is 9.40. The number of hydrogen-bond donors (Lipinski definition) is 3. The molecule has 0 unspecified atom stereocenters. The molecule has 0 fully saturated rings. The fourth-order valence-electron chi connectivity index (χ4n) is 2.41. The molecule has 0 radical (unpaired) electrons. The summed E-state index contributed by atoms with van der Waals surface area (Å²) in [6, 6.07) is 2.11. The highest BCUT2D eigenvalue weighted by Crippen LogP contribution is 2.14. The van der Waals surface area contributed by atoms with E-state index in [-0.39, 0.29) is 37.2 Å². The molecule has 2 rings (SSSR count). The fourth-order valence-corrected chi connectivity index (χ4v) is 2.86. The predicted octanol–water partition coefficient (Wildman–Crippen LogP) is 4.00. The smallest absolute Gasteiger partial charge is 0.188 e. The molecule has 2 heterocycles. The highest BCUT2D eigenvalue weighted by molar-refractivity contribution is 9.10. The number of H-pyrrole nitrogens is 1. The van der Waals surface area contributed by atoms with Gasteiger partial charge in [-0.2, -0.15) is 0 Å². The number of pyridine rings is 1. The van der Waals surface area contributed by atoms with Gasteiger partial charge in [0.15, 0.2) is 5.96 Å². The monoisotopic (exact) mass is 500 g/mol. The van der Waals surface area contributed by atoms with Gasteiger partial charge in [0, 0.05) is 41.3 Å². The van der Waals surface area contributed by atoms with Crippen LogP contribution in [0.25, 0.3) is 0 Å². The van der Waals surface area contributed by atoms with Gasteiger partial charge in [0.1, 0.15) is 0 Å². The van der Waals surface area contributed by atoms with Crippen LogP contribution in [0.3, 0.4) is 0 Å². The highest BCUT2D eigenvalue weighted by Gasteiger charge is 2.01. The Morgan fingerprint density at radius 3 is 2.63 bits per heavy atom. The van der Waals surface area contributed by atoms with E-state index in [1.165, 1.54) is 11.3 Å². The summed E-state index contributed by atoms with van der Waals surface area (Å²) < 4.78 is 1.03. The van der Waals surface area contributed by atoms with Gasteiger partial charge in [-0.05, 0) is 66.6 Å². The number of unbranched alkanes of at least 4 members (excludes halogenated alkanes) is 1. The summed E-state index contributed by atoms with van der Waals surface area (Å²) in [5.74, 6) is 0.526. The number of halogens is 4. The molecule has 0 saturated carbocycles. The van der Waals surface area contributed by atoms with Gasteiger partial charge >= 0.3 is 0 Å². The molecule has 154 valence electrons. The minimum atomic E-state index is 0. The van der Waals surface area contributed by atoms with Crippen LogP contribution < -0.4 is 11.1 Å². The molecule has 6 nitrogen and oxygen atoms in total. The van der Waals surface area contributed by atoms with Crippen molar-refractivity contribution in [2.75, 3.05) is 13.1 Å². The van der Waals surface area contributed by atoms with E-state index in [1.807, 2.05) is 12.4 Å². The Kier molecular flexibility index (Phi) is 16.7. The number of aromatic amines is 1. The summed E-state index contributed by atoms with van der Waals surface area (Å²) >= 11 is 3.44. The lowest BCUT2D eigenvalue weighted by Gasteiger charge is -2.07. The van der Waals surface area contributed by atoms with E-state index in [9.17, 15) is 0 Å². The van der Waals surface area contributed by atoms with Crippen molar-refractivity contribution in [3.63, 3.8) is 0 Å². The quantitative estimate of drug-likeness (QED) is 0.275. The van der Waals surface area contributed by atoms with Crippen LogP contribution in [0.4, 0.5) is 0 Å². The number of nitrogens with two attached hydrogens (primary N) is 1. The lowest BCUT2D eigenvalue weighted by atomic mass is 10.1. The maximum absolute atomic E-state index is 5.87. The van der Waals surface area contributed by atoms with E-state index in [0.717, 1.165) is 55.4 Å². The van der Waals surface area contributed by atoms with Gasteiger partial charge < -0.3 is 16.0 Å². The zero-order valence-corrected chi connectivity index (χ0v) is 19.3. The number of aliphatic imine (C=N–C) groups is 1. The lowest BCUT2D eigenvalue weighted by Crippen LogP contribution is -2.32. The molecular weight excluding hydrogens is 474 g/mol. The van der Waals surface area contributed by atoms with Crippen LogP contribution in [0.2, 0.25) is 0 Å². The van der Waals surface area contributed by atoms with Crippen LogP contribution in [0.5, 0.6) is 0 Å². The topological polar surface area (TPSA) is 92.0 Å². The standard InChI is InChI=1S/C17H25BrN6.3ClH/c1-13-9-14(18)10-23-16(13)6-2-3-7-21-17(19)22-8-4-5-15-11-20-12-24-15;;;/h9-12H,2-8H2,1H3,(H,20,24)(H3,19,21,22);3*1H. The van der Waals surface area contributed by atoms with Crippen molar-refractivity contribution in [2.24, 2.45) is 10.7 Å². The molecular formula is C17H28BrCl3N6. The Morgan fingerprint density at radius 2 is 1.96 bits per heavy atom. The summed E-state index contributed by atoms with van der Waals surface area (Å²) in [5, 5.41) is 3.17. The Labute approximate surface area is 188 Å². The average Bonchev–Trinajstić information content (AvgIpc) is 3.06. The van der Waals surface area contributed by atoms with E-state index in [2.05, 4.69) is 54.2 Å². The predicted molar refractivity (Wildman–Crippen MR) is 123 cm³/mol. The number of guanidine groups is 1. The van der Waals surface area contributed by atoms with Crippen LogP contribution in [0.15, 0.2) is 34.3 Å². The van der Waals surface area contributed by atoms with Crippen LogP contribution in [0, 0.1) is 6.92 Å². The van der Waals surface area contributed by atoms with Crippen LogP contribution in [-0.4, -0.2) is 34.0 Å². The normalized spacial score (nSPS) is 10.4. The van der Waals surface area contributed by atoms with Crippen molar-refractivity contribution >= 4 is 59.1 Å². The van der Waals surface area contributed by atoms with E-state index in [1.54, 1.807) is 6.33 Å². The average molecular weight is 503 g/mol. The summed E-state index contributed by atoms with van der Waals surface area (Å²) in [6.07, 6.45) is 10.4. The maximum atomic E-state index is 5.87. The maximum Gasteiger partial charge on any atom is 0.188 e. The molecule has 0 amide bonds. The molecule has 0 saturated heterocycles. The third kappa shape index (κ3) is 11.4. The van der Waals surface area contributed by atoms with Gasteiger partial charge in [-0.25, -0.2) is 4.98 Å². The summed E-state index contributed by atoms with van der Waals surface area (Å²) in [4.78, 5) is 15.9. The first kappa shape index (κ1) is 28.2. The molecule has 0 spiro atoms. The molecule has 0 atom stereocenters. The Morgan fingerprint density at radius 1 is 1.19 bits per heavy atom. The SMILES string of the molecule is Cc1cc(Br)cnc1CCCCNC(N)=NCCCc1cnc[nH]1.Cl.Cl.Cl. The number of aryl methyl sites for hydroxylation is 3. The molecule has 0 aromatic carbocycles. The Balaban J connectivity index is 0. The number of aromatic nitrogens is 3. The molecule has 27 heavy (non-hydrogen) atoms. The second-order valence-corrected chi connectivity index (χ2v) is 6.66. The van der Waals surface area contributed by atoms with Crippen molar-refractivity contribution in [1.29, 1.82) is 0 Å². The number of imidazole rings is 1.